The normalized spacial score (nSPS) is 34.9. The molecule has 14 heavy (non-hydrogen) atoms. The van der Waals surface area contributed by atoms with Crippen LogP contribution in [-0.4, -0.2) is 30.6 Å². The lowest BCUT2D eigenvalue weighted by Crippen LogP contribution is -2.33. The Morgan fingerprint density at radius 2 is 1.79 bits per heavy atom. The van der Waals surface area contributed by atoms with Gasteiger partial charge in [-0.2, -0.15) is 0 Å². The average Bonchev–Trinajstić information content (AvgIpc) is 2.63. The van der Waals surface area contributed by atoms with Crippen molar-refractivity contribution in [2.45, 2.75) is 51.0 Å². The second-order valence-corrected chi connectivity index (χ2v) is 5.05. The van der Waals surface area contributed by atoms with Gasteiger partial charge in [0.15, 0.2) is 0 Å². The molecule has 82 valence electrons. The van der Waals surface area contributed by atoms with E-state index in [1.165, 1.54) is 64.6 Å². The second-order valence-electron chi connectivity index (χ2n) is 5.05. The van der Waals surface area contributed by atoms with E-state index in [2.05, 4.69) is 4.90 Å². The number of hydrogen-bond acceptors (Lipinski definition) is 2. The van der Waals surface area contributed by atoms with E-state index in [0.29, 0.717) is 6.04 Å². The molecule has 0 aromatic carbocycles. The van der Waals surface area contributed by atoms with Crippen LogP contribution in [0.4, 0.5) is 0 Å². The fraction of sp³-hybridized carbons (Fsp3) is 1.00. The van der Waals surface area contributed by atoms with Gasteiger partial charge in [0.25, 0.3) is 0 Å². The number of nitrogens with zero attached hydrogens (tertiary/aromatic N) is 1. The second kappa shape index (κ2) is 5.13. The molecule has 0 amide bonds. The van der Waals surface area contributed by atoms with Gasteiger partial charge < -0.3 is 10.6 Å². The zero-order chi connectivity index (χ0) is 9.80. The van der Waals surface area contributed by atoms with E-state index < -0.39 is 0 Å². The number of hydrogen-bond donors (Lipinski definition) is 1. The van der Waals surface area contributed by atoms with E-state index in [-0.39, 0.29) is 0 Å². The van der Waals surface area contributed by atoms with Crippen molar-refractivity contribution in [1.82, 2.24) is 4.90 Å². The van der Waals surface area contributed by atoms with Crippen LogP contribution in [0.2, 0.25) is 0 Å². The van der Waals surface area contributed by atoms with Crippen molar-refractivity contribution in [1.29, 1.82) is 0 Å². The monoisotopic (exact) mass is 196 g/mol. The Kier molecular flexibility index (Phi) is 3.82. The first-order valence-corrected chi connectivity index (χ1v) is 6.34. The van der Waals surface area contributed by atoms with Crippen LogP contribution in [0.25, 0.3) is 0 Å². The van der Waals surface area contributed by atoms with E-state index in [9.17, 15) is 0 Å². The first kappa shape index (κ1) is 10.4. The van der Waals surface area contributed by atoms with Gasteiger partial charge in [-0.1, -0.05) is 12.8 Å². The summed E-state index contributed by atoms with van der Waals surface area (Å²) in [5.41, 5.74) is 6.08. The van der Waals surface area contributed by atoms with Gasteiger partial charge in [0.05, 0.1) is 0 Å². The molecule has 0 bridgehead atoms. The molecule has 0 spiro atoms. The smallest absolute Gasteiger partial charge is 0.00676 e. The van der Waals surface area contributed by atoms with Crippen molar-refractivity contribution in [2.24, 2.45) is 11.7 Å². The first-order chi connectivity index (χ1) is 6.86. The summed E-state index contributed by atoms with van der Waals surface area (Å²) in [6, 6.07) is 0.514. The van der Waals surface area contributed by atoms with Crippen LogP contribution in [0.1, 0.15) is 44.9 Å². The first-order valence-electron chi connectivity index (χ1n) is 6.34. The lowest BCUT2D eigenvalue weighted by Gasteiger charge is -2.28. The average molecular weight is 196 g/mol. The summed E-state index contributed by atoms with van der Waals surface area (Å²) in [7, 11) is 0. The summed E-state index contributed by atoms with van der Waals surface area (Å²) in [4.78, 5) is 2.63. The van der Waals surface area contributed by atoms with E-state index in [0.717, 1.165) is 5.92 Å². The van der Waals surface area contributed by atoms with Gasteiger partial charge in [0, 0.05) is 6.04 Å². The topological polar surface area (TPSA) is 29.3 Å². The lowest BCUT2D eigenvalue weighted by molar-refractivity contribution is 0.210. The summed E-state index contributed by atoms with van der Waals surface area (Å²) in [6.45, 7) is 3.97. The minimum Gasteiger partial charge on any atom is -0.327 e. The van der Waals surface area contributed by atoms with Crippen molar-refractivity contribution in [3.05, 3.63) is 0 Å². The summed E-state index contributed by atoms with van der Waals surface area (Å²) in [5.74, 6) is 0.830. The molecule has 0 aromatic heterocycles. The van der Waals surface area contributed by atoms with Gasteiger partial charge in [-0.05, 0) is 57.7 Å². The van der Waals surface area contributed by atoms with Gasteiger partial charge in [-0.25, -0.2) is 0 Å². The van der Waals surface area contributed by atoms with E-state index in [1.54, 1.807) is 0 Å². The minimum absolute atomic E-state index is 0.514. The van der Waals surface area contributed by atoms with Gasteiger partial charge >= 0.3 is 0 Å². The molecule has 2 nitrogen and oxygen atoms in total. The van der Waals surface area contributed by atoms with Crippen LogP contribution in [-0.2, 0) is 0 Å². The summed E-state index contributed by atoms with van der Waals surface area (Å²) in [6.07, 6.45) is 9.64. The number of rotatable bonds is 3. The maximum absolute atomic E-state index is 6.08. The summed E-state index contributed by atoms with van der Waals surface area (Å²) >= 11 is 0. The third-order valence-electron chi connectivity index (χ3n) is 3.98. The van der Waals surface area contributed by atoms with Crippen molar-refractivity contribution < 1.29 is 0 Å². The molecule has 2 atom stereocenters. The molecular weight excluding hydrogens is 172 g/mol. The highest BCUT2D eigenvalue weighted by atomic mass is 15.1. The van der Waals surface area contributed by atoms with Crippen LogP contribution >= 0.6 is 0 Å². The zero-order valence-electron chi connectivity index (χ0n) is 9.25. The molecule has 1 aliphatic heterocycles. The maximum atomic E-state index is 6.08. The molecular formula is C12H24N2. The van der Waals surface area contributed by atoms with Crippen LogP contribution in [0.15, 0.2) is 0 Å². The predicted molar refractivity (Wildman–Crippen MR) is 60.2 cm³/mol. The third-order valence-corrected chi connectivity index (χ3v) is 3.98. The molecule has 2 heteroatoms. The molecule has 0 radical (unpaired) electrons. The molecule has 1 heterocycles. The van der Waals surface area contributed by atoms with E-state index in [1.807, 2.05) is 0 Å². The Bertz CT molecular complexity index is 164. The van der Waals surface area contributed by atoms with Crippen molar-refractivity contribution in [3.8, 4) is 0 Å². The molecule has 2 unspecified atom stereocenters. The fourth-order valence-electron chi connectivity index (χ4n) is 2.96. The molecule has 1 saturated heterocycles. The van der Waals surface area contributed by atoms with Crippen molar-refractivity contribution >= 4 is 0 Å². The highest BCUT2D eigenvalue weighted by Gasteiger charge is 2.24. The molecule has 2 fully saturated rings. The highest BCUT2D eigenvalue weighted by Crippen LogP contribution is 2.27. The molecule has 2 rings (SSSR count). The van der Waals surface area contributed by atoms with Gasteiger partial charge in [0.2, 0.25) is 0 Å². The molecule has 0 aromatic rings. The summed E-state index contributed by atoms with van der Waals surface area (Å²) < 4.78 is 0. The van der Waals surface area contributed by atoms with Gasteiger partial charge in [0.1, 0.15) is 0 Å². The Balaban J connectivity index is 1.65. The van der Waals surface area contributed by atoms with Crippen LogP contribution in [0, 0.1) is 5.92 Å². The summed E-state index contributed by atoms with van der Waals surface area (Å²) in [5, 5.41) is 0. The molecule has 2 aliphatic rings. The van der Waals surface area contributed by atoms with Gasteiger partial charge in [-0.3, -0.25) is 0 Å². The quantitative estimate of drug-likeness (QED) is 0.748. The number of piperidine rings is 1. The lowest BCUT2D eigenvalue weighted by atomic mass is 9.99. The van der Waals surface area contributed by atoms with Gasteiger partial charge in [-0.15, -0.1) is 0 Å². The largest absolute Gasteiger partial charge is 0.327 e. The van der Waals surface area contributed by atoms with Crippen LogP contribution in [0.5, 0.6) is 0 Å². The van der Waals surface area contributed by atoms with Crippen LogP contribution in [0.3, 0.4) is 0 Å². The maximum Gasteiger partial charge on any atom is 0.00676 e. The highest BCUT2D eigenvalue weighted by molar-refractivity contribution is 4.81. The number of likely N-dealkylation sites (tertiary alicyclic amines) is 1. The standard InChI is InChI=1S/C12H24N2/c13-12-6-4-5-11(12)7-10-14-8-2-1-3-9-14/h11-12H,1-10,13H2. The third kappa shape index (κ3) is 2.71. The fourth-order valence-corrected chi connectivity index (χ4v) is 2.96. The molecule has 1 aliphatic carbocycles. The van der Waals surface area contributed by atoms with Crippen LogP contribution < -0.4 is 5.73 Å². The van der Waals surface area contributed by atoms with Crippen molar-refractivity contribution in [2.75, 3.05) is 19.6 Å². The molecule has 2 N–H and O–H groups in total. The van der Waals surface area contributed by atoms with E-state index in [4.69, 9.17) is 5.73 Å². The minimum atomic E-state index is 0.514. The Hall–Kier alpha value is -0.0800. The molecule has 1 saturated carbocycles. The number of nitrogens with two attached hydrogens (primary N) is 1. The SMILES string of the molecule is NC1CCCC1CCN1CCCCC1. The Morgan fingerprint density at radius 3 is 2.43 bits per heavy atom. The zero-order valence-corrected chi connectivity index (χ0v) is 9.25. The Labute approximate surface area is 87.8 Å². The Morgan fingerprint density at radius 1 is 1.00 bits per heavy atom. The van der Waals surface area contributed by atoms with E-state index >= 15 is 0 Å². The van der Waals surface area contributed by atoms with Crippen molar-refractivity contribution in [3.63, 3.8) is 0 Å². The predicted octanol–water partition coefficient (Wildman–Crippen LogP) is 1.99.